The Morgan fingerprint density at radius 3 is 2.82 bits per heavy atom. The van der Waals surface area contributed by atoms with Crippen LogP contribution in [0.4, 0.5) is 4.79 Å². The van der Waals surface area contributed by atoms with Crippen molar-refractivity contribution in [2.24, 2.45) is 0 Å². The van der Waals surface area contributed by atoms with E-state index in [1.807, 2.05) is 0 Å². The molecule has 0 aliphatic rings. The molecule has 0 aromatic carbocycles. The molecular weight excluding hydrogens is 150 g/mol. The number of carbonyl (C=O) groups is 1. The molecule has 5 heteroatoms. The van der Waals surface area contributed by atoms with Crippen LogP contribution in [0.25, 0.3) is 0 Å². The molecule has 0 saturated heterocycles. The molecule has 5 nitrogen and oxygen atoms in total. The lowest BCUT2D eigenvalue weighted by molar-refractivity contribution is 0.0791. The molecule has 0 fully saturated rings. The predicted molar refractivity (Wildman–Crippen MR) is 38.5 cm³/mol. The van der Waals surface area contributed by atoms with E-state index in [1.165, 1.54) is 0 Å². The lowest BCUT2D eigenvalue weighted by Gasteiger charge is -2.10. The molecule has 3 N–H and O–H groups in total. The van der Waals surface area contributed by atoms with Gasteiger partial charge in [-0.2, -0.15) is 0 Å². The van der Waals surface area contributed by atoms with Crippen LogP contribution in [0.3, 0.4) is 0 Å². The summed E-state index contributed by atoms with van der Waals surface area (Å²) in [5.74, 6) is 0. The maximum atomic E-state index is 10.0. The van der Waals surface area contributed by atoms with Gasteiger partial charge in [-0.1, -0.05) is 0 Å². The fraction of sp³-hybridized carbons (Fsp3) is 0.833. The summed E-state index contributed by atoms with van der Waals surface area (Å²) in [4.78, 5) is 10.0. The second-order valence-electron chi connectivity index (χ2n) is 2.15. The lowest BCUT2D eigenvalue weighted by atomic mass is 10.4. The molecule has 0 aliphatic heterocycles. The Morgan fingerprint density at radius 2 is 2.36 bits per heavy atom. The highest BCUT2D eigenvalue weighted by atomic mass is 16.5. The van der Waals surface area contributed by atoms with Crippen LogP contribution in [0.15, 0.2) is 0 Å². The van der Waals surface area contributed by atoms with Gasteiger partial charge in [-0.3, -0.25) is 0 Å². The zero-order valence-corrected chi connectivity index (χ0v) is 6.41. The average molecular weight is 163 g/mol. The first-order valence-electron chi connectivity index (χ1n) is 3.35. The zero-order valence-electron chi connectivity index (χ0n) is 6.41. The molecule has 0 radical (unpaired) electrons. The van der Waals surface area contributed by atoms with Gasteiger partial charge in [-0.15, -0.1) is 0 Å². The first-order valence-corrected chi connectivity index (χ1v) is 3.35. The first kappa shape index (κ1) is 10.2. The molecular formula is C6H13NO4. The third-order valence-corrected chi connectivity index (χ3v) is 0.973. The summed E-state index contributed by atoms with van der Waals surface area (Å²) in [7, 11) is 0. The summed E-state index contributed by atoms with van der Waals surface area (Å²) in [6, 6.07) is -0.237. The maximum absolute atomic E-state index is 10.0. The van der Waals surface area contributed by atoms with E-state index in [1.54, 1.807) is 6.92 Å². The summed E-state index contributed by atoms with van der Waals surface area (Å²) in [6.07, 6.45) is -1.06. The van der Waals surface area contributed by atoms with Crippen LogP contribution in [0.2, 0.25) is 0 Å². The van der Waals surface area contributed by atoms with Crippen LogP contribution in [0.5, 0.6) is 0 Å². The van der Waals surface area contributed by atoms with Gasteiger partial charge in [0.2, 0.25) is 0 Å². The second-order valence-corrected chi connectivity index (χ2v) is 2.15. The summed E-state index contributed by atoms with van der Waals surface area (Å²) in [5, 5.41) is 18.7. The van der Waals surface area contributed by atoms with Crippen LogP contribution in [-0.4, -0.2) is 42.2 Å². The van der Waals surface area contributed by atoms with Crippen LogP contribution >= 0.6 is 0 Å². The van der Waals surface area contributed by atoms with Crippen molar-refractivity contribution < 1.29 is 19.7 Å². The Labute approximate surface area is 65.0 Å². The Kier molecular flexibility index (Phi) is 5.50. The van der Waals surface area contributed by atoms with Gasteiger partial charge in [0.1, 0.15) is 0 Å². The smallest absolute Gasteiger partial charge is 0.404 e. The van der Waals surface area contributed by atoms with Gasteiger partial charge in [0, 0.05) is 0 Å². The third-order valence-electron chi connectivity index (χ3n) is 0.973. The molecule has 0 spiro atoms. The van der Waals surface area contributed by atoms with E-state index >= 15 is 0 Å². The number of hydrogen-bond donors (Lipinski definition) is 3. The van der Waals surface area contributed by atoms with Crippen LogP contribution < -0.4 is 5.32 Å². The molecule has 0 aromatic heterocycles. The van der Waals surface area contributed by atoms with E-state index in [-0.39, 0.29) is 25.9 Å². The van der Waals surface area contributed by atoms with E-state index in [0.717, 1.165) is 0 Å². The Morgan fingerprint density at radius 1 is 1.73 bits per heavy atom. The molecule has 0 aliphatic carbocycles. The van der Waals surface area contributed by atoms with Gasteiger partial charge in [0.25, 0.3) is 0 Å². The highest BCUT2D eigenvalue weighted by molar-refractivity contribution is 5.64. The molecule has 0 unspecified atom stereocenters. The molecule has 0 heterocycles. The van der Waals surface area contributed by atoms with E-state index in [9.17, 15) is 4.79 Å². The summed E-state index contributed by atoms with van der Waals surface area (Å²) in [5.41, 5.74) is 0. The third kappa shape index (κ3) is 7.08. The second kappa shape index (κ2) is 5.94. The van der Waals surface area contributed by atoms with Gasteiger partial charge in [-0.05, 0) is 6.92 Å². The molecule has 0 rings (SSSR count). The normalized spacial score (nSPS) is 12.5. The minimum absolute atomic E-state index is 0.0419. The maximum Gasteiger partial charge on any atom is 0.404 e. The summed E-state index contributed by atoms with van der Waals surface area (Å²) < 4.78 is 4.87. The fourth-order valence-corrected chi connectivity index (χ4v) is 0.577. The minimum Gasteiger partial charge on any atom is -0.465 e. The van der Waals surface area contributed by atoms with Crippen LogP contribution in [-0.2, 0) is 4.74 Å². The van der Waals surface area contributed by atoms with Crippen molar-refractivity contribution in [3.63, 3.8) is 0 Å². The molecule has 1 atom stereocenters. The Balaban J connectivity index is 3.22. The SMILES string of the molecule is C[C@@H](COCCO)NC(=O)O. The molecule has 11 heavy (non-hydrogen) atoms. The van der Waals surface area contributed by atoms with E-state index in [2.05, 4.69) is 5.32 Å². The topological polar surface area (TPSA) is 78.8 Å². The number of hydrogen-bond acceptors (Lipinski definition) is 3. The molecule has 1 amide bonds. The van der Waals surface area contributed by atoms with E-state index < -0.39 is 6.09 Å². The van der Waals surface area contributed by atoms with Crippen molar-refractivity contribution in [1.29, 1.82) is 0 Å². The van der Waals surface area contributed by atoms with Gasteiger partial charge < -0.3 is 20.3 Å². The number of ether oxygens (including phenoxy) is 1. The molecule has 66 valence electrons. The number of rotatable bonds is 5. The summed E-state index contributed by atoms with van der Waals surface area (Å²) >= 11 is 0. The fourth-order valence-electron chi connectivity index (χ4n) is 0.577. The zero-order chi connectivity index (χ0) is 8.69. The highest BCUT2D eigenvalue weighted by Gasteiger charge is 2.03. The van der Waals surface area contributed by atoms with E-state index in [4.69, 9.17) is 14.9 Å². The molecule has 0 bridgehead atoms. The van der Waals surface area contributed by atoms with Crippen LogP contribution in [0.1, 0.15) is 6.92 Å². The van der Waals surface area contributed by atoms with Gasteiger partial charge in [0.05, 0.1) is 25.9 Å². The standard InChI is InChI=1S/C6H13NO4/c1-5(7-6(9)10)4-11-3-2-8/h5,7-8H,2-4H2,1H3,(H,9,10)/t5-/m0/s1. The van der Waals surface area contributed by atoms with Gasteiger partial charge in [0.15, 0.2) is 0 Å². The Hall–Kier alpha value is -0.810. The Bertz CT molecular complexity index is 117. The van der Waals surface area contributed by atoms with Crippen molar-refractivity contribution in [3.05, 3.63) is 0 Å². The molecule has 0 aromatic rings. The van der Waals surface area contributed by atoms with Crippen molar-refractivity contribution in [1.82, 2.24) is 5.32 Å². The number of aliphatic hydroxyl groups is 1. The summed E-state index contributed by atoms with van der Waals surface area (Å²) in [6.45, 7) is 2.17. The number of nitrogens with one attached hydrogen (secondary N) is 1. The van der Waals surface area contributed by atoms with Crippen LogP contribution in [0, 0.1) is 0 Å². The largest absolute Gasteiger partial charge is 0.465 e. The monoisotopic (exact) mass is 163 g/mol. The number of carboxylic acid groups (broad SMARTS) is 1. The predicted octanol–water partition coefficient (Wildman–Crippen LogP) is -0.349. The quantitative estimate of drug-likeness (QED) is 0.484. The number of aliphatic hydroxyl groups excluding tert-OH is 1. The first-order chi connectivity index (χ1) is 5.16. The highest BCUT2D eigenvalue weighted by Crippen LogP contribution is 1.83. The van der Waals surface area contributed by atoms with Gasteiger partial charge in [-0.25, -0.2) is 4.79 Å². The van der Waals surface area contributed by atoms with E-state index in [0.29, 0.717) is 0 Å². The number of amides is 1. The minimum atomic E-state index is -1.06. The lowest BCUT2D eigenvalue weighted by Crippen LogP contribution is -2.34. The van der Waals surface area contributed by atoms with Crippen molar-refractivity contribution in [3.8, 4) is 0 Å². The van der Waals surface area contributed by atoms with Crippen molar-refractivity contribution >= 4 is 6.09 Å². The molecule has 0 saturated carbocycles. The van der Waals surface area contributed by atoms with Gasteiger partial charge >= 0.3 is 6.09 Å². The average Bonchev–Trinajstić information content (AvgIpc) is 1.86. The van der Waals surface area contributed by atoms with Crippen molar-refractivity contribution in [2.75, 3.05) is 19.8 Å². The van der Waals surface area contributed by atoms with Crippen molar-refractivity contribution in [2.45, 2.75) is 13.0 Å².